The van der Waals surface area contributed by atoms with Crippen molar-refractivity contribution in [3.63, 3.8) is 0 Å². The van der Waals surface area contributed by atoms with Crippen LogP contribution < -0.4 is 0 Å². The number of aromatic carboxylic acids is 1. The van der Waals surface area contributed by atoms with Crippen molar-refractivity contribution in [3.8, 4) is 0 Å². The summed E-state index contributed by atoms with van der Waals surface area (Å²) in [7, 11) is 1.37. The van der Waals surface area contributed by atoms with Gasteiger partial charge in [-0.05, 0) is 77.9 Å². The minimum atomic E-state index is -0.962. The van der Waals surface area contributed by atoms with Crippen molar-refractivity contribution < 1.29 is 52.8 Å². The molecule has 0 bridgehead atoms. The molecule has 0 amide bonds. The van der Waals surface area contributed by atoms with Crippen LogP contribution in [-0.2, 0) is 18.9 Å². The second-order valence-corrected chi connectivity index (χ2v) is 15.5. The molecule has 2 saturated heterocycles. The zero-order valence-corrected chi connectivity index (χ0v) is 39.3. The number of carboxylic acids is 1. The highest BCUT2D eigenvalue weighted by Crippen LogP contribution is 2.14. The molecule has 348 valence electrons. The number of ether oxygens (including phenoxy) is 4. The molecule has 0 aromatic heterocycles. The monoisotopic (exact) mass is 998 g/mol. The fourth-order valence-electron chi connectivity index (χ4n) is 5.21. The quantitative estimate of drug-likeness (QED) is 0.0363. The molecule has 13 heteroatoms. The third kappa shape index (κ3) is 20.4. The second-order valence-electron chi connectivity index (χ2n) is 14.3. The van der Waals surface area contributed by atoms with Crippen molar-refractivity contribution in [1.29, 1.82) is 0 Å². The summed E-state index contributed by atoms with van der Waals surface area (Å²) in [6.07, 6.45) is 8.17. The fourth-order valence-corrected chi connectivity index (χ4v) is 5.65. The van der Waals surface area contributed by atoms with Gasteiger partial charge >= 0.3 is 17.9 Å². The number of carbonyl (C=O) groups is 6. The molecule has 11 nitrogen and oxygen atoms in total. The van der Waals surface area contributed by atoms with E-state index in [1.165, 1.54) is 37.5 Å². The average Bonchev–Trinajstić information content (AvgIpc) is 4.35. The minimum Gasteiger partial charge on any atom is -0.478 e. The van der Waals surface area contributed by atoms with Gasteiger partial charge in [-0.3, -0.25) is 14.4 Å². The zero-order chi connectivity index (χ0) is 49.1. The van der Waals surface area contributed by atoms with Gasteiger partial charge in [0.1, 0.15) is 12.7 Å². The van der Waals surface area contributed by atoms with E-state index < -0.39 is 5.97 Å². The maximum Gasteiger partial charge on any atom is 0.338 e. The molecule has 2 atom stereocenters. The van der Waals surface area contributed by atoms with Gasteiger partial charge in [-0.2, -0.15) is 0 Å². The van der Waals surface area contributed by atoms with Crippen molar-refractivity contribution in [2.45, 2.75) is 12.2 Å². The Morgan fingerprint density at radius 2 is 0.956 bits per heavy atom. The van der Waals surface area contributed by atoms with Crippen LogP contribution in [0.2, 0.25) is 0 Å². The molecule has 1 N–H and O–H groups in total. The Kier molecular flexibility index (Phi) is 23.0. The average molecular weight is 1000 g/mol. The first kappa shape index (κ1) is 53.3. The summed E-state index contributed by atoms with van der Waals surface area (Å²) >= 11 is 8.54. The standard InChI is InChI=1S/C19H16O4.C16H12O3.C9H8O.C8H7BrO2.C3H5ClO/c20-18(15-4-2-1-3-5-15)11-8-14-6-9-16(10-7-14)19(21)23-13-17-12-22-17;17-15(13-4-2-1-3-5-13)11-8-12-6-9-14(10-7-12)16(18)19;1-2-9(10)8-6-4-3-5-7-8;1-11-8(10)6-2-4-7(9)5-3-6;4-1-3-2-5-3/h1-11,17H,12-13H2;1-11H,(H,18,19);2-7H,1H2;2-5H,1H3;3H,1-2H2/b2*11-8+;;;. The van der Waals surface area contributed by atoms with E-state index in [9.17, 15) is 28.8 Å². The second kappa shape index (κ2) is 29.3. The van der Waals surface area contributed by atoms with Crippen LogP contribution >= 0.6 is 27.5 Å². The van der Waals surface area contributed by atoms with E-state index in [2.05, 4.69) is 27.2 Å². The maximum atomic E-state index is 12.0. The van der Waals surface area contributed by atoms with E-state index in [0.29, 0.717) is 53.0 Å². The van der Waals surface area contributed by atoms with Crippen molar-refractivity contribution in [1.82, 2.24) is 0 Å². The van der Waals surface area contributed by atoms with Crippen LogP contribution in [0.15, 0.2) is 193 Å². The zero-order valence-electron chi connectivity index (χ0n) is 37.0. The molecule has 8 rings (SSSR count). The van der Waals surface area contributed by atoms with Crippen LogP contribution in [0.3, 0.4) is 0 Å². The van der Waals surface area contributed by atoms with Crippen LogP contribution in [0, 0.1) is 0 Å². The van der Waals surface area contributed by atoms with E-state index in [1.54, 1.807) is 109 Å². The number of carbonyl (C=O) groups excluding carboxylic acids is 5. The predicted molar refractivity (Wildman–Crippen MR) is 266 cm³/mol. The number of esters is 2. The summed E-state index contributed by atoms with van der Waals surface area (Å²) in [5, 5.41) is 8.77. The number of methoxy groups -OCH3 is 1. The van der Waals surface area contributed by atoms with Gasteiger partial charge in [-0.1, -0.05) is 150 Å². The molecule has 68 heavy (non-hydrogen) atoms. The first-order chi connectivity index (χ1) is 32.9. The Hall–Kier alpha value is -7.35. The summed E-state index contributed by atoms with van der Waals surface area (Å²) in [5.41, 5.74) is 4.87. The fraction of sp³-hybridized carbons (Fsp3) is 0.127. The Labute approximate surface area is 408 Å². The third-order valence-corrected chi connectivity index (χ3v) is 10.0. The molecule has 2 heterocycles. The summed E-state index contributed by atoms with van der Waals surface area (Å²) in [6.45, 7) is 5.22. The van der Waals surface area contributed by atoms with E-state index in [-0.39, 0.29) is 41.0 Å². The number of epoxide rings is 2. The van der Waals surface area contributed by atoms with E-state index >= 15 is 0 Å². The SMILES string of the molecule is C=CC(=O)c1ccccc1.COC(=O)c1ccc(Br)cc1.ClCC1CO1.O=C(/C=C/c1ccc(C(=O)OCC2CO2)cc1)c1ccccc1.O=C(O)c1ccc(/C=C/C(=O)c2ccccc2)cc1. The van der Waals surface area contributed by atoms with Crippen molar-refractivity contribution >= 4 is 74.9 Å². The summed E-state index contributed by atoms with van der Waals surface area (Å²) in [6, 6.07) is 47.4. The lowest BCUT2D eigenvalue weighted by molar-refractivity contribution is 0.0475. The topological polar surface area (TPSA) is 166 Å². The van der Waals surface area contributed by atoms with Crippen molar-refractivity contribution in [2.24, 2.45) is 0 Å². The number of halogens is 2. The Morgan fingerprint density at radius 1 is 0.574 bits per heavy atom. The van der Waals surface area contributed by atoms with Gasteiger partial charge in [0.05, 0.1) is 49.0 Å². The number of rotatable bonds is 14. The highest BCUT2D eigenvalue weighted by atomic mass is 79.9. The molecule has 2 unspecified atom stereocenters. The van der Waals surface area contributed by atoms with Crippen LogP contribution in [0.4, 0.5) is 0 Å². The number of alkyl halides is 1. The van der Waals surface area contributed by atoms with Crippen molar-refractivity contribution in [3.05, 3.63) is 238 Å². The van der Waals surface area contributed by atoms with Crippen LogP contribution in [0.5, 0.6) is 0 Å². The lowest BCUT2D eigenvalue weighted by Crippen LogP contribution is -2.09. The molecule has 2 aliphatic rings. The highest BCUT2D eigenvalue weighted by molar-refractivity contribution is 9.10. The normalized spacial score (nSPS) is 13.8. The molecule has 2 aliphatic heterocycles. The third-order valence-electron chi connectivity index (χ3n) is 9.16. The molecule has 0 aliphatic carbocycles. The van der Waals surface area contributed by atoms with Gasteiger partial charge < -0.3 is 24.1 Å². The molecule has 0 spiro atoms. The van der Waals surface area contributed by atoms with Gasteiger partial charge in [0, 0.05) is 21.2 Å². The Balaban J connectivity index is 0.000000200. The van der Waals surface area contributed by atoms with Gasteiger partial charge in [0.25, 0.3) is 0 Å². The number of hydrogen-bond donors (Lipinski definition) is 1. The van der Waals surface area contributed by atoms with E-state index in [4.69, 9.17) is 30.9 Å². The molecular weight excluding hydrogens is 952 g/mol. The summed E-state index contributed by atoms with van der Waals surface area (Å²) in [5.74, 6) is -1.13. The van der Waals surface area contributed by atoms with E-state index in [1.807, 2.05) is 54.6 Å². The smallest absolute Gasteiger partial charge is 0.338 e. The number of benzene rings is 6. The van der Waals surface area contributed by atoms with Crippen LogP contribution in [0.25, 0.3) is 12.2 Å². The van der Waals surface area contributed by atoms with Crippen LogP contribution in [-0.4, -0.2) is 85.4 Å². The summed E-state index contributed by atoms with van der Waals surface area (Å²) < 4.78 is 20.3. The Bertz CT molecular complexity index is 2610. The van der Waals surface area contributed by atoms with Gasteiger partial charge in [-0.25, -0.2) is 14.4 Å². The summed E-state index contributed by atoms with van der Waals surface area (Å²) in [4.78, 5) is 68.1. The lowest BCUT2D eigenvalue weighted by atomic mass is 10.1. The van der Waals surface area contributed by atoms with Gasteiger partial charge in [-0.15, -0.1) is 11.6 Å². The number of ketones is 3. The van der Waals surface area contributed by atoms with Gasteiger partial charge in [0.15, 0.2) is 17.3 Å². The minimum absolute atomic E-state index is 0.0272. The molecule has 0 radical (unpaired) electrons. The first-order valence-electron chi connectivity index (χ1n) is 20.9. The maximum absolute atomic E-state index is 12.0. The van der Waals surface area contributed by atoms with Crippen molar-refractivity contribution in [2.75, 3.05) is 32.8 Å². The molecule has 6 aromatic rings. The number of hydrogen-bond acceptors (Lipinski definition) is 10. The largest absolute Gasteiger partial charge is 0.478 e. The Morgan fingerprint density at radius 3 is 1.31 bits per heavy atom. The lowest BCUT2D eigenvalue weighted by Gasteiger charge is -2.03. The van der Waals surface area contributed by atoms with Gasteiger partial charge in [0.2, 0.25) is 0 Å². The molecule has 2 fully saturated rings. The van der Waals surface area contributed by atoms with Crippen LogP contribution in [0.1, 0.15) is 73.3 Å². The predicted octanol–water partition coefficient (Wildman–Crippen LogP) is 11.3. The number of carboxylic acid groups (broad SMARTS) is 1. The molecular formula is C55H48BrClO11. The molecule has 6 aromatic carbocycles. The number of allylic oxidation sites excluding steroid dienone is 3. The van der Waals surface area contributed by atoms with E-state index in [0.717, 1.165) is 22.2 Å². The first-order valence-corrected chi connectivity index (χ1v) is 22.2. The molecule has 0 saturated carbocycles. The highest BCUT2D eigenvalue weighted by Gasteiger charge is 2.24.